The Labute approximate surface area is 191 Å². The zero-order chi connectivity index (χ0) is 23.4. The van der Waals surface area contributed by atoms with Crippen LogP contribution in [0.3, 0.4) is 0 Å². The van der Waals surface area contributed by atoms with Crippen LogP contribution in [0, 0.1) is 0 Å². The SMILES string of the molecule is CC(C)NC(=O)C1C(c2cccc(NC(=O)c3ccco3)c2)OC(=O)N1Cc1ccccc1. The molecule has 0 spiro atoms. The van der Waals surface area contributed by atoms with Crippen molar-refractivity contribution in [3.05, 3.63) is 89.9 Å². The van der Waals surface area contributed by atoms with Crippen LogP contribution in [0.1, 0.15) is 41.6 Å². The van der Waals surface area contributed by atoms with Crippen LogP contribution >= 0.6 is 0 Å². The zero-order valence-electron chi connectivity index (χ0n) is 18.4. The summed E-state index contributed by atoms with van der Waals surface area (Å²) in [6, 6.07) is 18.6. The molecule has 1 aliphatic rings. The first-order valence-corrected chi connectivity index (χ1v) is 10.7. The molecule has 2 aromatic carbocycles. The van der Waals surface area contributed by atoms with Gasteiger partial charge in [0.15, 0.2) is 17.9 Å². The fraction of sp³-hybridized carbons (Fsp3) is 0.240. The van der Waals surface area contributed by atoms with Crippen molar-refractivity contribution in [2.45, 2.75) is 38.6 Å². The molecule has 2 N–H and O–H groups in total. The minimum absolute atomic E-state index is 0.105. The number of furan rings is 1. The van der Waals surface area contributed by atoms with Gasteiger partial charge in [0.05, 0.1) is 12.8 Å². The molecule has 3 amide bonds. The third kappa shape index (κ3) is 5.06. The van der Waals surface area contributed by atoms with Crippen LogP contribution in [0.5, 0.6) is 0 Å². The molecule has 1 aliphatic heterocycles. The molecule has 0 bridgehead atoms. The lowest BCUT2D eigenvalue weighted by molar-refractivity contribution is -0.126. The molecule has 4 rings (SSSR count). The Morgan fingerprint density at radius 2 is 1.82 bits per heavy atom. The van der Waals surface area contributed by atoms with E-state index >= 15 is 0 Å². The summed E-state index contributed by atoms with van der Waals surface area (Å²) in [6.45, 7) is 3.95. The molecule has 0 radical (unpaired) electrons. The molecule has 1 fully saturated rings. The summed E-state index contributed by atoms with van der Waals surface area (Å²) in [5, 5.41) is 5.65. The lowest BCUT2D eigenvalue weighted by atomic mass is 10.00. The molecule has 2 atom stereocenters. The highest BCUT2D eigenvalue weighted by atomic mass is 16.6. The molecule has 3 aromatic rings. The summed E-state index contributed by atoms with van der Waals surface area (Å²) < 4.78 is 10.8. The van der Waals surface area contributed by atoms with Gasteiger partial charge >= 0.3 is 6.09 Å². The molecular weight excluding hydrogens is 422 g/mol. The van der Waals surface area contributed by atoms with Gasteiger partial charge in [0.2, 0.25) is 5.91 Å². The number of cyclic esters (lactones) is 1. The third-order valence-corrected chi connectivity index (χ3v) is 5.20. The fourth-order valence-electron chi connectivity index (χ4n) is 3.75. The van der Waals surface area contributed by atoms with Crippen LogP contribution < -0.4 is 10.6 Å². The number of nitrogens with one attached hydrogen (secondary N) is 2. The van der Waals surface area contributed by atoms with Crippen molar-refractivity contribution < 1.29 is 23.5 Å². The Morgan fingerprint density at radius 1 is 1.03 bits per heavy atom. The van der Waals surface area contributed by atoms with E-state index in [0.29, 0.717) is 11.3 Å². The van der Waals surface area contributed by atoms with E-state index in [1.165, 1.54) is 11.2 Å². The van der Waals surface area contributed by atoms with E-state index in [-0.39, 0.29) is 24.3 Å². The highest BCUT2D eigenvalue weighted by Gasteiger charge is 2.47. The number of ether oxygens (including phenoxy) is 1. The molecule has 0 saturated carbocycles. The van der Waals surface area contributed by atoms with Gasteiger partial charge in [-0.15, -0.1) is 0 Å². The first kappa shape index (κ1) is 22.1. The largest absolute Gasteiger partial charge is 0.459 e. The molecule has 8 nitrogen and oxygen atoms in total. The van der Waals surface area contributed by atoms with Crippen molar-refractivity contribution in [1.82, 2.24) is 10.2 Å². The minimum atomic E-state index is -0.865. The molecule has 0 aliphatic carbocycles. The average Bonchev–Trinajstić information content (AvgIpc) is 3.43. The van der Waals surface area contributed by atoms with Gasteiger partial charge in [-0.2, -0.15) is 0 Å². The second-order valence-corrected chi connectivity index (χ2v) is 8.08. The summed E-state index contributed by atoms with van der Waals surface area (Å²) >= 11 is 0. The number of carbonyl (C=O) groups excluding carboxylic acids is 3. The molecule has 33 heavy (non-hydrogen) atoms. The van der Waals surface area contributed by atoms with E-state index in [2.05, 4.69) is 10.6 Å². The Hall–Kier alpha value is -4.07. The first-order chi connectivity index (χ1) is 15.9. The summed E-state index contributed by atoms with van der Waals surface area (Å²) in [5.41, 5.74) is 1.98. The van der Waals surface area contributed by atoms with Crippen molar-refractivity contribution in [2.24, 2.45) is 0 Å². The van der Waals surface area contributed by atoms with Crippen molar-refractivity contribution in [1.29, 1.82) is 0 Å². The normalized spacial score (nSPS) is 17.7. The van der Waals surface area contributed by atoms with Gasteiger partial charge in [-0.25, -0.2) is 4.79 Å². The van der Waals surface area contributed by atoms with E-state index < -0.39 is 24.1 Å². The van der Waals surface area contributed by atoms with Crippen molar-refractivity contribution in [3.8, 4) is 0 Å². The maximum atomic E-state index is 13.1. The number of hydrogen-bond donors (Lipinski definition) is 2. The Balaban J connectivity index is 1.61. The number of nitrogens with zero attached hydrogens (tertiary/aromatic N) is 1. The van der Waals surface area contributed by atoms with E-state index in [0.717, 1.165) is 5.56 Å². The van der Waals surface area contributed by atoms with Gasteiger partial charge in [0.25, 0.3) is 5.91 Å². The van der Waals surface area contributed by atoms with Crippen LogP contribution in [0.2, 0.25) is 0 Å². The summed E-state index contributed by atoms with van der Waals surface area (Å²) in [7, 11) is 0. The lowest BCUT2D eigenvalue weighted by Crippen LogP contribution is -2.48. The summed E-state index contributed by atoms with van der Waals surface area (Å²) in [6.07, 6.45) is 0.0148. The smallest absolute Gasteiger partial charge is 0.411 e. The summed E-state index contributed by atoms with van der Waals surface area (Å²) in [4.78, 5) is 39.7. The van der Waals surface area contributed by atoms with Crippen LogP contribution in [0.4, 0.5) is 10.5 Å². The van der Waals surface area contributed by atoms with E-state index in [4.69, 9.17) is 9.15 Å². The maximum absolute atomic E-state index is 13.1. The molecule has 170 valence electrons. The van der Waals surface area contributed by atoms with Crippen LogP contribution in [0.25, 0.3) is 0 Å². The van der Waals surface area contributed by atoms with Gasteiger partial charge in [0, 0.05) is 11.7 Å². The van der Waals surface area contributed by atoms with E-state index in [1.54, 1.807) is 36.4 Å². The van der Waals surface area contributed by atoms with Gasteiger partial charge in [0.1, 0.15) is 0 Å². The molecule has 2 heterocycles. The van der Waals surface area contributed by atoms with Gasteiger partial charge < -0.3 is 19.8 Å². The lowest BCUT2D eigenvalue weighted by Gasteiger charge is -2.25. The summed E-state index contributed by atoms with van der Waals surface area (Å²) in [5.74, 6) is -0.530. The number of anilines is 1. The Bertz CT molecular complexity index is 1130. The fourth-order valence-corrected chi connectivity index (χ4v) is 3.75. The number of hydrogen-bond acceptors (Lipinski definition) is 5. The molecule has 1 saturated heterocycles. The maximum Gasteiger partial charge on any atom is 0.411 e. The second-order valence-electron chi connectivity index (χ2n) is 8.08. The van der Waals surface area contributed by atoms with Crippen molar-refractivity contribution in [3.63, 3.8) is 0 Å². The van der Waals surface area contributed by atoms with Gasteiger partial charge in [-0.05, 0) is 49.2 Å². The van der Waals surface area contributed by atoms with Gasteiger partial charge in [-0.1, -0.05) is 42.5 Å². The molecule has 2 unspecified atom stereocenters. The number of benzene rings is 2. The highest BCUT2D eigenvalue weighted by Crippen LogP contribution is 2.35. The van der Waals surface area contributed by atoms with E-state index in [1.807, 2.05) is 44.2 Å². The Morgan fingerprint density at radius 3 is 2.52 bits per heavy atom. The quantitative estimate of drug-likeness (QED) is 0.567. The molecule has 8 heteroatoms. The highest BCUT2D eigenvalue weighted by molar-refractivity contribution is 6.02. The van der Waals surface area contributed by atoms with Crippen LogP contribution in [-0.2, 0) is 16.1 Å². The topological polar surface area (TPSA) is 101 Å². The Kier molecular flexibility index (Phi) is 6.44. The minimum Gasteiger partial charge on any atom is -0.459 e. The predicted molar refractivity (Wildman–Crippen MR) is 121 cm³/mol. The van der Waals surface area contributed by atoms with E-state index in [9.17, 15) is 14.4 Å². The average molecular weight is 447 g/mol. The van der Waals surface area contributed by atoms with Crippen molar-refractivity contribution >= 4 is 23.6 Å². The monoisotopic (exact) mass is 447 g/mol. The third-order valence-electron chi connectivity index (χ3n) is 5.20. The van der Waals surface area contributed by atoms with Crippen LogP contribution in [-0.4, -0.2) is 34.9 Å². The number of carbonyl (C=O) groups is 3. The number of amides is 3. The molecular formula is C25H25N3O5. The van der Waals surface area contributed by atoms with Gasteiger partial charge in [-0.3, -0.25) is 14.5 Å². The number of rotatable bonds is 7. The predicted octanol–water partition coefficient (Wildman–Crippen LogP) is 4.12. The zero-order valence-corrected chi connectivity index (χ0v) is 18.4. The van der Waals surface area contributed by atoms with Crippen molar-refractivity contribution in [2.75, 3.05) is 5.32 Å². The standard InChI is InChI=1S/C25H25N3O5/c1-16(2)26-24(30)21-22(33-25(31)28(21)15-17-8-4-3-5-9-17)18-10-6-11-19(14-18)27-23(29)20-12-7-13-32-20/h3-14,16,21-22H,15H2,1-2H3,(H,26,30)(H,27,29). The molecule has 1 aromatic heterocycles. The van der Waals surface area contributed by atoms with Crippen LogP contribution in [0.15, 0.2) is 77.4 Å². The second kappa shape index (κ2) is 9.60. The first-order valence-electron chi connectivity index (χ1n) is 10.7.